The lowest BCUT2D eigenvalue weighted by Gasteiger charge is -2.29. The number of rotatable bonds is 4. The quantitative estimate of drug-likeness (QED) is 0.528. The van der Waals surface area contributed by atoms with E-state index < -0.39 is 0 Å². The number of halogens is 2. The topological polar surface area (TPSA) is 91.5 Å². The van der Waals surface area contributed by atoms with E-state index in [0.29, 0.717) is 27.7 Å². The van der Waals surface area contributed by atoms with Crippen molar-refractivity contribution in [2.45, 2.75) is 25.8 Å². The summed E-state index contributed by atoms with van der Waals surface area (Å²) < 4.78 is 0. The first-order valence-electron chi connectivity index (χ1n) is 8.75. The van der Waals surface area contributed by atoms with Gasteiger partial charge in [0.15, 0.2) is 0 Å². The van der Waals surface area contributed by atoms with Crippen molar-refractivity contribution in [2.75, 3.05) is 30.8 Å². The molecule has 0 saturated carbocycles. The van der Waals surface area contributed by atoms with E-state index in [0.717, 1.165) is 37.4 Å². The Labute approximate surface area is 169 Å². The predicted octanol–water partition coefficient (Wildman–Crippen LogP) is 3.66. The summed E-state index contributed by atoms with van der Waals surface area (Å²) in [5, 5.41) is 7.44. The van der Waals surface area contributed by atoms with E-state index in [9.17, 15) is 0 Å². The Hall–Kier alpha value is -2.09. The maximum absolute atomic E-state index is 6.00. The molecule has 1 aromatic carbocycles. The lowest BCUT2D eigenvalue weighted by molar-refractivity contribution is 0.263. The van der Waals surface area contributed by atoms with Crippen LogP contribution in [0.3, 0.4) is 0 Å². The maximum atomic E-state index is 6.00. The number of aromatic nitrogens is 2. The predicted molar refractivity (Wildman–Crippen MR) is 112 cm³/mol. The summed E-state index contributed by atoms with van der Waals surface area (Å²) in [5.41, 5.74) is 7.45. The fourth-order valence-electron chi connectivity index (χ4n) is 2.95. The molecular formula is C18H23Cl2N7. The first kappa shape index (κ1) is 19.7. The van der Waals surface area contributed by atoms with Gasteiger partial charge >= 0.3 is 0 Å². The Kier molecular flexibility index (Phi) is 6.36. The summed E-state index contributed by atoms with van der Waals surface area (Å²) in [6.45, 7) is 4.05. The van der Waals surface area contributed by atoms with Gasteiger partial charge in [0.1, 0.15) is 5.82 Å². The van der Waals surface area contributed by atoms with E-state index in [1.54, 1.807) is 18.2 Å². The zero-order valence-electron chi connectivity index (χ0n) is 15.3. The van der Waals surface area contributed by atoms with Gasteiger partial charge in [-0.15, -0.1) is 0 Å². The number of aliphatic imine (C=N–C) groups is 1. The zero-order chi connectivity index (χ0) is 19.4. The van der Waals surface area contributed by atoms with E-state index in [-0.39, 0.29) is 5.96 Å². The Morgan fingerprint density at radius 2 is 1.81 bits per heavy atom. The molecule has 27 heavy (non-hydrogen) atoms. The van der Waals surface area contributed by atoms with Crippen molar-refractivity contribution < 1.29 is 0 Å². The molecule has 2 aromatic rings. The van der Waals surface area contributed by atoms with Crippen molar-refractivity contribution in [1.29, 1.82) is 0 Å². The lowest BCUT2D eigenvalue weighted by Crippen LogP contribution is -2.36. The fraction of sp³-hybridized carbons (Fsp3) is 0.389. The number of benzene rings is 1. The number of nitrogens with two attached hydrogens (primary N) is 1. The van der Waals surface area contributed by atoms with Crippen LogP contribution in [0.2, 0.25) is 10.0 Å². The molecule has 0 bridgehead atoms. The van der Waals surface area contributed by atoms with Crippen LogP contribution >= 0.6 is 23.2 Å². The second kappa shape index (κ2) is 8.73. The minimum Gasteiger partial charge on any atom is -0.369 e. The number of guanidine groups is 1. The van der Waals surface area contributed by atoms with E-state index in [4.69, 9.17) is 28.9 Å². The molecule has 1 aromatic heterocycles. The third-order valence-corrected chi connectivity index (χ3v) is 4.70. The van der Waals surface area contributed by atoms with Gasteiger partial charge in [-0.3, -0.25) is 0 Å². The van der Waals surface area contributed by atoms with Gasteiger partial charge in [-0.1, -0.05) is 23.2 Å². The summed E-state index contributed by atoms with van der Waals surface area (Å²) in [6, 6.07) is 7.38. The fourth-order valence-corrected chi connectivity index (χ4v) is 3.47. The maximum Gasteiger partial charge on any atom is 0.254 e. The van der Waals surface area contributed by atoms with E-state index in [1.807, 2.05) is 13.0 Å². The molecule has 1 aliphatic heterocycles. The number of likely N-dealkylation sites (tertiary alicyclic amines) is 1. The van der Waals surface area contributed by atoms with E-state index in [2.05, 4.69) is 37.5 Å². The van der Waals surface area contributed by atoms with Gasteiger partial charge in [0.2, 0.25) is 5.96 Å². The molecule has 0 atom stereocenters. The minimum absolute atomic E-state index is 0.157. The standard InChI is InChI=1S/C18H23Cl2N7/c1-11-7-16(23-14-3-5-27(2)6-4-14)25-18(22-11)26-17(21)24-15-9-12(19)8-13(20)10-15/h7-10,14H,3-6H2,1-2H3,(H4,21,22,23,24,25,26). The van der Waals surface area contributed by atoms with Gasteiger partial charge in [-0.25, -0.2) is 4.98 Å². The molecule has 1 saturated heterocycles. The second-order valence-electron chi connectivity index (χ2n) is 6.70. The molecule has 4 N–H and O–H groups in total. The summed E-state index contributed by atoms with van der Waals surface area (Å²) in [6.07, 6.45) is 2.16. The summed E-state index contributed by atoms with van der Waals surface area (Å²) in [5.74, 6) is 1.21. The Morgan fingerprint density at radius 1 is 1.15 bits per heavy atom. The van der Waals surface area contributed by atoms with Crippen LogP contribution in [0.4, 0.5) is 17.5 Å². The number of hydrogen-bond acceptors (Lipinski definition) is 5. The van der Waals surface area contributed by atoms with Crippen LogP contribution in [0.15, 0.2) is 29.3 Å². The number of nitrogens with zero attached hydrogens (tertiary/aromatic N) is 4. The third-order valence-electron chi connectivity index (χ3n) is 4.27. The van der Waals surface area contributed by atoms with Crippen molar-refractivity contribution >= 4 is 46.6 Å². The molecular weight excluding hydrogens is 385 g/mol. The van der Waals surface area contributed by atoms with Crippen LogP contribution in [0.25, 0.3) is 0 Å². The van der Waals surface area contributed by atoms with E-state index in [1.165, 1.54) is 0 Å². The van der Waals surface area contributed by atoms with Crippen LogP contribution in [0.1, 0.15) is 18.5 Å². The van der Waals surface area contributed by atoms with Gasteiger partial charge in [-0.2, -0.15) is 9.98 Å². The molecule has 144 valence electrons. The SMILES string of the molecule is Cc1cc(NC2CCN(C)CC2)nc(/N=C(\N)Nc2cc(Cl)cc(Cl)c2)n1. The highest BCUT2D eigenvalue weighted by atomic mass is 35.5. The monoisotopic (exact) mass is 407 g/mol. The van der Waals surface area contributed by atoms with Crippen LogP contribution in [-0.2, 0) is 0 Å². The first-order chi connectivity index (χ1) is 12.9. The molecule has 0 aliphatic carbocycles. The zero-order valence-corrected chi connectivity index (χ0v) is 16.8. The number of anilines is 2. The Morgan fingerprint density at radius 3 is 2.48 bits per heavy atom. The molecule has 0 radical (unpaired) electrons. The van der Waals surface area contributed by atoms with Gasteiger partial charge in [0, 0.05) is 33.5 Å². The van der Waals surface area contributed by atoms with Gasteiger partial charge in [-0.05, 0) is 58.1 Å². The third kappa shape index (κ3) is 5.95. The molecule has 7 nitrogen and oxygen atoms in total. The number of piperidine rings is 1. The molecule has 2 heterocycles. The molecule has 0 unspecified atom stereocenters. The van der Waals surface area contributed by atoms with Crippen molar-refractivity contribution in [3.63, 3.8) is 0 Å². The average molecular weight is 408 g/mol. The average Bonchev–Trinajstić information content (AvgIpc) is 2.55. The lowest BCUT2D eigenvalue weighted by atomic mass is 10.1. The van der Waals surface area contributed by atoms with Crippen LogP contribution in [0.5, 0.6) is 0 Å². The van der Waals surface area contributed by atoms with E-state index >= 15 is 0 Å². The first-order valence-corrected chi connectivity index (χ1v) is 9.51. The Balaban J connectivity index is 1.71. The van der Waals surface area contributed by atoms with Crippen LogP contribution < -0.4 is 16.4 Å². The second-order valence-corrected chi connectivity index (χ2v) is 7.57. The summed E-state index contributed by atoms with van der Waals surface area (Å²) >= 11 is 12.0. The molecule has 0 spiro atoms. The molecule has 3 rings (SSSR count). The molecule has 1 aliphatic rings. The highest BCUT2D eigenvalue weighted by molar-refractivity contribution is 6.35. The minimum atomic E-state index is 0.157. The highest BCUT2D eigenvalue weighted by Crippen LogP contribution is 2.22. The number of hydrogen-bond donors (Lipinski definition) is 3. The van der Waals surface area contributed by atoms with Gasteiger partial charge < -0.3 is 21.3 Å². The largest absolute Gasteiger partial charge is 0.369 e. The van der Waals surface area contributed by atoms with Crippen molar-refractivity contribution in [1.82, 2.24) is 14.9 Å². The van der Waals surface area contributed by atoms with Crippen LogP contribution in [-0.4, -0.2) is 47.0 Å². The summed E-state index contributed by atoms with van der Waals surface area (Å²) in [7, 11) is 2.14. The van der Waals surface area contributed by atoms with Crippen molar-refractivity contribution in [2.24, 2.45) is 10.7 Å². The van der Waals surface area contributed by atoms with Crippen molar-refractivity contribution in [3.05, 3.63) is 40.0 Å². The number of aryl methyl sites for hydroxylation is 1. The normalized spacial score (nSPS) is 16.4. The molecule has 1 fully saturated rings. The molecule has 0 amide bonds. The highest BCUT2D eigenvalue weighted by Gasteiger charge is 2.17. The van der Waals surface area contributed by atoms with Gasteiger partial charge in [0.25, 0.3) is 5.95 Å². The number of nitrogens with one attached hydrogen (secondary N) is 2. The Bertz CT molecular complexity index is 812. The van der Waals surface area contributed by atoms with Gasteiger partial charge in [0.05, 0.1) is 0 Å². The summed E-state index contributed by atoms with van der Waals surface area (Å²) in [4.78, 5) is 15.4. The smallest absolute Gasteiger partial charge is 0.254 e. The molecule has 9 heteroatoms. The van der Waals surface area contributed by atoms with Crippen molar-refractivity contribution in [3.8, 4) is 0 Å². The van der Waals surface area contributed by atoms with Crippen LogP contribution in [0, 0.1) is 6.92 Å².